The normalized spacial score (nSPS) is 15.4. The van der Waals surface area contributed by atoms with Crippen molar-refractivity contribution >= 4 is 29.1 Å². The highest BCUT2D eigenvalue weighted by atomic mass is 32.1. The summed E-state index contributed by atoms with van der Waals surface area (Å²) in [5, 5.41) is 7.48. The van der Waals surface area contributed by atoms with E-state index in [1.54, 1.807) is 24.1 Å². The molecule has 1 aliphatic rings. The Morgan fingerprint density at radius 2 is 1.90 bits per heavy atom. The van der Waals surface area contributed by atoms with Gasteiger partial charge in [0.2, 0.25) is 5.91 Å². The van der Waals surface area contributed by atoms with Gasteiger partial charge in [-0.3, -0.25) is 14.4 Å². The molecule has 0 saturated carbocycles. The van der Waals surface area contributed by atoms with Crippen LogP contribution in [0.3, 0.4) is 0 Å². The van der Waals surface area contributed by atoms with Crippen LogP contribution in [0.15, 0.2) is 41.8 Å². The zero-order valence-electron chi connectivity index (χ0n) is 17.3. The van der Waals surface area contributed by atoms with Gasteiger partial charge in [0.1, 0.15) is 11.9 Å². The van der Waals surface area contributed by atoms with E-state index in [4.69, 9.17) is 4.74 Å². The number of nitrogens with one attached hydrogen (secondary N) is 2. The van der Waals surface area contributed by atoms with Crippen molar-refractivity contribution in [3.63, 3.8) is 0 Å². The van der Waals surface area contributed by atoms with Crippen molar-refractivity contribution in [2.75, 3.05) is 33.4 Å². The average Bonchev–Trinajstić information content (AvgIpc) is 3.33. The molecule has 0 radical (unpaired) electrons. The van der Waals surface area contributed by atoms with Crippen LogP contribution < -0.4 is 10.6 Å². The molecule has 7 nitrogen and oxygen atoms in total. The molecule has 2 N–H and O–H groups in total. The Bertz CT molecular complexity index is 881. The Labute approximate surface area is 184 Å². The van der Waals surface area contributed by atoms with Gasteiger partial charge in [0, 0.05) is 32.3 Å². The standard InChI is InChI=1S/C22H26FN3O4S/c1-30-13-10-24-21(28)19(25-20(27)18-3-2-14-31-18)15-8-11-26(12-9-15)22(29)16-4-6-17(23)7-5-16/h2-7,14-15,19H,8-13H2,1H3,(H,24,28)(H,25,27)/t19-/m0/s1. The van der Waals surface area contributed by atoms with Gasteiger partial charge in [-0.1, -0.05) is 6.07 Å². The van der Waals surface area contributed by atoms with E-state index in [0.29, 0.717) is 49.5 Å². The second-order valence-corrected chi connectivity index (χ2v) is 8.30. The van der Waals surface area contributed by atoms with Crippen LogP contribution in [0.2, 0.25) is 0 Å². The fourth-order valence-corrected chi connectivity index (χ4v) is 4.24. The first-order valence-corrected chi connectivity index (χ1v) is 11.0. The smallest absolute Gasteiger partial charge is 0.262 e. The molecule has 0 bridgehead atoms. The summed E-state index contributed by atoms with van der Waals surface area (Å²) >= 11 is 1.31. The third-order valence-corrected chi connectivity index (χ3v) is 6.18. The van der Waals surface area contributed by atoms with Crippen LogP contribution >= 0.6 is 11.3 Å². The SMILES string of the molecule is COCCNC(=O)[C@@H](NC(=O)c1cccs1)C1CCN(C(=O)c2ccc(F)cc2)CC1. The second kappa shape index (κ2) is 11.0. The summed E-state index contributed by atoms with van der Waals surface area (Å²) in [5.41, 5.74) is 0.430. The van der Waals surface area contributed by atoms with Crippen LogP contribution in [-0.4, -0.2) is 62.0 Å². The van der Waals surface area contributed by atoms with Crippen molar-refractivity contribution in [1.82, 2.24) is 15.5 Å². The van der Waals surface area contributed by atoms with Crippen molar-refractivity contribution in [1.29, 1.82) is 0 Å². The zero-order chi connectivity index (χ0) is 22.2. The molecule has 2 aromatic rings. The zero-order valence-corrected chi connectivity index (χ0v) is 18.1. The number of hydrogen-bond acceptors (Lipinski definition) is 5. The summed E-state index contributed by atoms with van der Waals surface area (Å²) in [6.45, 7) is 1.64. The number of nitrogens with zero attached hydrogens (tertiary/aromatic N) is 1. The van der Waals surface area contributed by atoms with E-state index in [0.717, 1.165) is 0 Å². The summed E-state index contributed by atoms with van der Waals surface area (Å²) in [7, 11) is 1.55. The first-order valence-electron chi connectivity index (χ1n) is 10.2. The highest BCUT2D eigenvalue weighted by Gasteiger charge is 2.34. The number of ether oxygens (including phenoxy) is 1. The minimum Gasteiger partial charge on any atom is -0.383 e. The van der Waals surface area contributed by atoms with Gasteiger partial charge in [0.05, 0.1) is 11.5 Å². The van der Waals surface area contributed by atoms with Gasteiger partial charge >= 0.3 is 0 Å². The number of amides is 3. The number of thiophene rings is 1. The Balaban J connectivity index is 1.64. The minimum atomic E-state index is -0.700. The summed E-state index contributed by atoms with van der Waals surface area (Å²) in [6, 6.07) is 8.26. The predicted molar refractivity (Wildman–Crippen MR) is 115 cm³/mol. The predicted octanol–water partition coefficient (Wildman–Crippen LogP) is 2.30. The summed E-state index contributed by atoms with van der Waals surface area (Å²) < 4.78 is 18.1. The van der Waals surface area contributed by atoms with E-state index in [2.05, 4.69) is 10.6 Å². The van der Waals surface area contributed by atoms with Crippen LogP contribution in [0.25, 0.3) is 0 Å². The third kappa shape index (κ3) is 6.11. The number of hydrogen-bond donors (Lipinski definition) is 2. The lowest BCUT2D eigenvalue weighted by molar-refractivity contribution is -0.124. The molecular formula is C22H26FN3O4S. The Morgan fingerprint density at radius 3 is 2.52 bits per heavy atom. The number of piperidine rings is 1. The average molecular weight is 448 g/mol. The molecule has 31 heavy (non-hydrogen) atoms. The van der Waals surface area contributed by atoms with Gasteiger partial charge in [-0.15, -0.1) is 11.3 Å². The van der Waals surface area contributed by atoms with E-state index in [1.165, 1.54) is 35.6 Å². The van der Waals surface area contributed by atoms with Gasteiger partial charge in [-0.05, 0) is 54.5 Å². The van der Waals surface area contributed by atoms with E-state index in [-0.39, 0.29) is 29.5 Å². The van der Waals surface area contributed by atoms with Gasteiger partial charge < -0.3 is 20.3 Å². The number of rotatable bonds is 8. The highest BCUT2D eigenvalue weighted by Crippen LogP contribution is 2.23. The van der Waals surface area contributed by atoms with Crippen molar-refractivity contribution in [2.24, 2.45) is 5.92 Å². The molecule has 1 atom stereocenters. The molecule has 0 spiro atoms. The molecule has 1 fully saturated rings. The monoisotopic (exact) mass is 447 g/mol. The van der Waals surface area contributed by atoms with Crippen molar-refractivity contribution < 1.29 is 23.5 Å². The molecule has 3 amide bonds. The van der Waals surface area contributed by atoms with Crippen LogP contribution in [0, 0.1) is 11.7 Å². The van der Waals surface area contributed by atoms with Gasteiger partial charge in [-0.2, -0.15) is 0 Å². The van der Waals surface area contributed by atoms with Crippen LogP contribution in [0.5, 0.6) is 0 Å². The number of likely N-dealkylation sites (tertiary alicyclic amines) is 1. The van der Waals surface area contributed by atoms with Gasteiger partial charge in [-0.25, -0.2) is 4.39 Å². The molecular weight excluding hydrogens is 421 g/mol. The van der Waals surface area contributed by atoms with E-state index >= 15 is 0 Å². The maximum atomic E-state index is 13.1. The van der Waals surface area contributed by atoms with Crippen LogP contribution in [0.1, 0.15) is 32.9 Å². The molecule has 0 unspecified atom stereocenters. The first-order chi connectivity index (χ1) is 15.0. The van der Waals surface area contributed by atoms with Gasteiger partial charge in [0.15, 0.2) is 0 Å². The van der Waals surface area contributed by atoms with Gasteiger partial charge in [0.25, 0.3) is 11.8 Å². The fraction of sp³-hybridized carbons (Fsp3) is 0.409. The van der Waals surface area contributed by atoms with Crippen molar-refractivity contribution in [2.45, 2.75) is 18.9 Å². The summed E-state index contributed by atoms with van der Waals surface area (Å²) in [5.74, 6) is -1.21. The van der Waals surface area contributed by atoms with Crippen LogP contribution in [-0.2, 0) is 9.53 Å². The Hall–Kier alpha value is -2.78. The molecule has 0 aliphatic carbocycles. The van der Waals surface area contributed by atoms with E-state index < -0.39 is 6.04 Å². The summed E-state index contributed by atoms with van der Waals surface area (Å²) in [4.78, 5) is 40.3. The molecule has 3 rings (SSSR count). The lowest BCUT2D eigenvalue weighted by Gasteiger charge is -2.35. The quantitative estimate of drug-likeness (QED) is 0.608. The Morgan fingerprint density at radius 1 is 1.19 bits per heavy atom. The number of halogens is 1. The lowest BCUT2D eigenvalue weighted by atomic mass is 9.88. The second-order valence-electron chi connectivity index (χ2n) is 7.35. The molecule has 9 heteroatoms. The number of carbonyl (C=O) groups is 3. The third-order valence-electron chi connectivity index (χ3n) is 5.31. The van der Waals surface area contributed by atoms with Crippen LogP contribution in [0.4, 0.5) is 4.39 Å². The number of methoxy groups -OCH3 is 1. The van der Waals surface area contributed by atoms with Crippen molar-refractivity contribution in [3.8, 4) is 0 Å². The molecule has 166 valence electrons. The maximum Gasteiger partial charge on any atom is 0.262 e. The Kier molecular flexibility index (Phi) is 8.13. The number of benzene rings is 1. The van der Waals surface area contributed by atoms with Crippen molar-refractivity contribution in [3.05, 3.63) is 58.0 Å². The molecule has 1 saturated heterocycles. The first kappa shape index (κ1) is 22.9. The summed E-state index contributed by atoms with van der Waals surface area (Å²) in [6.07, 6.45) is 1.14. The molecule has 1 aliphatic heterocycles. The molecule has 1 aromatic heterocycles. The molecule has 2 heterocycles. The topological polar surface area (TPSA) is 87.7 Å². The van der Waals surface area contributed by atoms with E-state index in [1.807, 2.05) is 5.38 Å². The molecule has 1 aromatic carbocycles. The largest absolute Gasteiger partial charge is 0.383 e. The minimum absolute atomic E-state index is 0.108. The highest BCUT2D eigenvalue weighted by molar-refractivity contribution is 7.12. The number of carbonyl (C=O) groups excluding carboxylic acids is 3. The fourth-order valence-electron chi connectivity index (χ4n) is 3.61. The maximum absolute atomic E-state index is 13.1. The lowest BCUT2D eigenvalue weighted by Crippen LogP contribution is -2.54. The van der Waals surface area contributed by atoms with E-state index in [9.17, 15) is 18.8 Å².